The summed E-state index contributed by atoms with van der Waals surface area (Å²) in [6, 6.07) is 9.41. The first kappa shape index (κ1) is 13.8. The van der Waals surface area contributed by atoms with E-state index in [9.17, 15) is 0 Å². The number of aliphatic imine (C=N–C) groups is 1. The van der Waals surface area contributed by atoms with Crippen LogP contribution in [0.1, 0.15) is 17.4 Å². The normalized spacial score (nSPS) is 17.2. The molecule has 1 aliphatic heterocycles. The van der Waals surface area contributed by atoms with Crippen LogP contribution in [0.3, 0.4) is 0 Å². The average molecular weight is 306 g/mol. The number of guanidine groups is 1. The third-order valence-electron chi connectivity index (χ3n) is 3.31. The Labute approximate surface area is 128 Å². The number of ether oxygens (including phenoxy) is 1. The molecule has 0 aliphatic carbocycles. The van der Waals surface area contributed by atoms with Crippen LogP contribution in [0, 0.1) is 0 Å². The molecule has 1 aliphatic rings. The summed E-state index contributed by atoms with van der Waals surface area (Å²) >= 11 is 6.25. The van der Waals surface area contributed by atoms with Gasteiger partial charge in [-0.2, -0.15) is 0 Å². The molecule has 0 saturated carbocycles. The number of halogens is 1. The first-order chi connectivity index (χ1) is 10.3. The van der Waals surface area contributed by atoms with Gasteiger partial charge in [0, 0.05) is 17.6 Å². The highest BCUT2D eigenvalue weighted by Gasteiger charge is 2.27. The zero-order valence-corrected chi connectivity index (χ0v) is 12.4. The smallest absolute Gasteiger partial charge is 0.191 e. The maximum absolute atomic E-state index is 6.25. The van der Waals surface area contributed by atoms with Crippen LogP contribution in [0.15, 0.2) is 46.0 Å². The Kier molecular flexibility index (Phi) is 4.01. The molecule has 110 valence electrons. The van der Waals surface area contributed by atoms with Crippen molar-refractivity contribution in [3.63, 3.8) is 0 Å². The Bertz CT molecular complexity index is 640. The standard InChI is InChI=1S/C15H16ClN3O2/c1-17-15(18-8-10-4-3-7-20-10)19-12-9-21-13-6-2-5-11(16)14(12)13/h2-7,12H,8-9H2,1H3,(H2,17,18,19). The molecule has 3 rings (SSSR count). The van der Waals surface area contributed by atoms with Crippen molar-refractivity contribution in [3.8, 4) is 5.75 Å². The third kappa shape index (κ3) is 2.97. The van der Waals surface area contributed by atoms with Crippen LogP contribution >= 0.6 is 11.6 Å². The van der Waals surface area contributed by atoms with Gasteiger partial charge in [-0.3, -0.25) is 4.99 Å². The van der Waals surface area contributed by atoms with E-state index in [0.29, 0.717) is 24.1 Å². The monoisotopic (exact) mass is 305 g/mol. The number of nitrogens with one attached hydrogen (secondary N) is 2. The lowest BCUT2D eigenvalue weighted by atomic mass is 10.1. The van der Waals surface area contributed by atoms with Gasteiger partial charge in [-0.15, -0.1) is 0 Å². The summed E-state index contributed by atoms with van der Waals surface area (Å²) < 4.78 is 10.9. The molecule has 0 saturated heterocycles. The van der Waals surface area contributed by atoms with Gasteiger partial charge in [-0.25, -0.2) is 0 Å². The lowest BCUT2D eigenvalue weighted by Crippen LogP contribution is -2.39. The van der Waals surface area contributed by atoms with Crippen molar-refractivity contribution in [2.45, 2.75) is 12.6 Å². The van der Waals surface area contributed by atoms with Crippen molar-refractivity contribution in [1.82, 2.24) is 10.6 Å². The van der Waals surface area contributed by atoms with E-state index in [4.69, 9.17) is 20.8 Å². The minimum atomic E-state index is -0.0171. The van der Waals surface area contributed by atoms with Crippen molar-refractivity contribution in [1.29, 1.82) is 0 Å². The number of furan rings is 1. The van der Waals surface area contributed by atoms with E-state index in [0.717, 1.165) is 17.1 Å². The fraction of sp³-hybridized carbons (Fsp3) is 0.267. The van der Waals surface area contributed by atoms with Gasteiger partial charge in [0.2, 0.25) is 0 Å². The quantitative estimate of drug-likeness (QED) is 0.676. The summed E-state index contributed by atoms with van der Waals surface area (Å²) in [5.74, 6) is 2.34. The van der Waals surface area contributed by atoms with Crippen molar-refractivity contribution in [3.05, 3.63) is 52.9 Å². The lowest BCUT2D eigenvalue weighted by molar-refractivity contribution is 0.323. The number of fused-ring (bicyclic) bond motifs is 1. The Balaban J connectivity index is 1.66. The third-order valence-corrected chi connectivity index (χ3v) is 3.64. The van der Waals surface area contributed by atoms with Crippen LogP contribution in [0.25, 0.3) is 0 Å². The van der Waals surface area contributed by atoms with Gasteiger partial charge in [-0.1, -0.05) is 17.7 Å². The summed E-state index contributed by atoms with van der Waals surface area (Å²) in [4.78, 5) is 4.21. The van der Waals surface area contributed by atoms with Crippen LogP contribution in [0.4, 0.5) is 0 Å². The van der Waals surface area contributed by atoms with E-state index in [2.05, 4.69) is 15.6 Å². The first-order valence-electron chi connectivity index (χ1n) is 6.68. The van der Waals surface area contributed by atoms with Crippen LogP contribution in [0.2, 0.25) is 5.02 Å². The highest BCUT2D eigenvalue weighted by Crippen LogP contribution is 2.37. The fourth-order valence-electron chi connectivity index (χ4n) is 2.30. The number of hydrogen-bond donors (Lipinski definition) is 2. The maximum atomic E-state index is 6.25. The van der Waals surface area contributed by atoms with E-state index < -0.39 is 0 Å². The zero-order valence-electron chi connectivity index (χ0n) is 11.6. The zero-order chi connectivity index (χ0) is 14.7. The van der Waals surface area contributed by atoms with Crippen molar-refractivity contribution in [2.75, 3.05) is 13.7 Å². The molecule has 1 unspecified atom stereocenters. The van der Waals surface area contributed by atoms with Crippen LogP contribution < -0.4 is 15.4 Å². The molecule has 0 bridgehead atoms. The number of hydrogen-bond acceptors (Lipinski definition) is 3. The molecule has 6 heteroatoms. The highest BCUT2D eigenvalue weighted by molar-refractivity contribution is 6.31. The Morgan fingerprint density at radius 2 is 2.29 bits per heavy atom. The Morgan fingerprint density at radius 1 is 1.38 bits per heavy atom. The molecule has 1 aromatic carbocycles. The van der Waals surface area contributed by atoms with E-state index in [-0.39, 0.29) is 6.04 Å². The van der Waals surface area contributed by atoms with Gasteiger partial charge in [0.25, 0.3) is 0 Å². The van der Waals surface area contributed by atoms with Gasteiger partial charge >= 0.3 is 0 Å². The summed E-state index contributed by atoms with van der Waals surface area (Å²) in [6.45, 7) is 1.09. The maximum Gasteiger partial charge on any atom is 0.191 e. The Hall–Kier alpha value is -2.14. The first-order valence-corrected chi connectivity index (χ1v) is 7.06. The SMILES string of the molecule is CN=C(NCc1ccco1)NC1COc2cccc(Cl)c21. The van der Waals surface area contributed by atoms with Crippen LogP contribution in [-0.2, 0) is 6.54 Å². The molecule has 2 heterocycles. The lowest BCUT2D eigenvalue weighted by Gasteiger charge is -2.16. The van der Waals surface area contributed by atoms with Gasteiger partial charge < -0.3 is 19.8 Å². The number of benzene rings is 1. The molecular formula is C15H16ClN3O2. The van der Waals surface area contributed by atoms with E-state index in [1.165, 1.54) is 0 Å². The molecule has 2 N–H and O–H groups in total. The number of nitrogens with zero attached hydrogens (tertiary/aromatic N) is 1. The Morgan fingerprint density at radius 3 is 3.05 bits per heavy atom. The second kappa shape index (κ2) is 6.10. The van der Waals surface area contributed by atoms with Crippen molar-refractivity contribution in [2.24, 2.45) is 4.99 Å². The average Bonchev–Trinajstić information content (AvgIpc) is 3.13. The second-order valence-electron chi connectivity index (χ2n) is 4.66. The molecule has 0 fully saturated rings. The molecule has 5 nitrogen and oxygen atoms in total. The summed E-state index contributed by atoms with van der Waals surface area (Å²) in [6.07, 6.45) is 1.65. The second-order valence-corrected chi connectivity index (χ2v) is 5.07. The molecule has 1 atom stereocenters. The van der Waals surface area contributed by atoms with E-state index in [1.807, 2.05) is 30.3 Å². The van der Waals surface area contributed by atoms with Crippen LogP contribution in [-0.4, -0.2) is 19.6 Å². The number of rotatable bonds is 3. The largest absolute Gasteiger partial charge is 0.491 e. The van der Waals surface area contributed by atoms with Gasteiger partial charge in [0.1, 0.15) is 18.1 Å². The summed E-state index contributed by atoms with van der Waals surface area (Å²) in [5, 5.41) is 7.21. The molecular weight excluding hydrogens is 290 g/mol. The minimum Gasteiger partial charge on any atom is -0.491 e. The van der Waals surface area contributed by atoms with E-state index >= 15 is 0 Å². The summed E-state index contributed by atoms with van der Waals surface area (Å²) in [7, 11) is 1.72. The predicted molar refractivity (Wildman–Crippen MR) is 81.7 cm³/mol. The van der Waals surface area contributed by atoms with Gasteiger partial charge in [-0.05, 0) is 24.3 Å². The van der Waals surface area contributed by atoms with Crippen molar-refractivity contribution >= 4 is 17.6 Å². The molecule has 1 aromatic heterocycles. The molecule has 21 heavy (non-hydrogen) atoms. The predicted octanol–water partition coefficient (Wildman–Crippen LogP) is 2.73. The highest BCUT2D eigenvalue weighted by atomic mass is 35.5. The summed E-state index contributed by atoms with van der Waals surface area (Å²) in [5.41, 5.74) is 0.972. The minimum absolute atomic E-state index is 0.0171. The fourth-order valence-corrected chi connectivity index (χ4v) is 2.59. The molecule has 0 spiro atoms. The van der Waals surface area contributed by atoms with Crippen LogP contribution in [0.5, 0.6) is 5.75 Å². The van der Waals surface area contributed by atoms with Gasteiger partial charge in [0.05, 0.1) is 18.8 Å². The topological polar surface area (TPSA) is 58.8 Å². The van der Waals surface area contributed by atoms with E-state index in [1.54, 1.807) is 13.3 Å². The molecule has 2 aromatic rings. The molecule has 0 radical (unpaired) electrons. The molecule has 0 amide bonds. The van der Waals surface area contributed by atoms with Gasteiger partial charge in [0.15, 0.2) is 5.96 Å². The van der Waals surface area contributed by atoms with Crippen molar-refractivity contribution < 1.29 is 9.15 Å².